The molecular formula is C39H53F3N6O3. The molecule has 278 valence electrons. The first-order valence-corrected chi connectivity index (χ1v) is 18.7. The molecule has 0 aliphatic heterocycles. The van der Waals surface area contributed by atoms with Crippen LogP contribution in [0.1, 0.15) is 127 Å². The summed E-state index contributed by atoms with van der Waals surface area (Å²) in [4.78, 5) is 29.3. The summed E-state index contributed by atoms with van der Waals surface area (Å²) in [5.74, 6) is 0.354. The number of fused-ring (bicyclic) bond motifs is 1. The fourth-order valence-corrected chi connectivity index (χ4v) is 7.41. The summed E-state index contributed by atoms with van der Waals surface area (Å²) in [6, 6.07) is 8.57. The topological polar surface area (TPSA) is 87.2 Å². The number of hydrogen-bond donors (Lipinski definition) is 0. The summed E-state index contributed by atoms with van der Waals surface area (Å²) >= 11 is 0. The highest BCUT2D eigenvalue weighted by molar-refractivity contribution is 5.85. The van der Waals surface area contributed by atoms with Crippen molar-refractivity contribution in [2.75, 3.05) is 13.1 Å². The summed E-state index contributed by atoms with van der Waals surface area (Å²) in [6.45, 7) is 7.41. The number of pyridine rings is 1. The van der Waals surface area contributed by atoms with Crippen molar-refractivity contribution in [1.29, 1.82) is 0 Å². The molecule has 0 radical (unpaired) electrons. The van der Waals surface area contributed by atoms with Crippen LogP contribution in [0.5, 0.6) is 0 Å². The lowest BCUT2D eigenvalue weighted by Gasteiger charge is -2.41. The van der Waals surface area contributed by atoms with Gasteiger partial charge in [0.2, 0.25) is 0 Å². The highest BCUT2D eigenvalue weighted by Crippen LogP contribution is 2.48. The van der Waals surface area contributed by atoms with E-state index >= 15 is 0 Å². The van der Waals surface area contributed by atoms with Crippen molar-refractivity contribution in [1.82, 2.24) is 28.8 Å². The predicted octanol–water partition coefficient (Wildman–Crippen LogP) is 8.67. The molecule has 3 heterocycles. The minimum atomic E-state index is -4.75. The second kappa shape index (κ2) is 17.1. The van der Waals surface area contributed by atoms with Crippen LogP contribution in [0.15, 0.2) is 47.7 Å². The molecule has 0 unspecified atom stereocenters. The molecule has 0 atom stereocenters. The first-order chi connectivity index (χ1) is 24.5. The number of nitrogens with zero attached hydrogens (tertiary/aromatic N) is 6. The van der Waals surface area contributed by atoms with Gasteiger partial charge in [-0.05, 0) is 56.1 Å². The van der Waals surface area contributed by atoms with Crippen LogP contribution in [0, 0.1) is 0 Å². The number of rotatable bonds is 19. The monoisotopic (exact) mass is 710 g/mol. The Labute approximate surface area is 298 Å². The van der Waals surface area contributed by atoms with Gasteiger partial charge in [0.15, 0.2) is 6.73 Å². The zero-order valence-corrected chi connectivity index (χ0v) is 30.6. The number of carbonyl (C=O) groups is 1. The third kappa shape index (κ3) is 8.59. The van der Waals surface area contributed by atoms with E-state index in [-0.39, 0.29) is 24.1 Å². The number of aromatic nitrogens is 5. The van der Waals surface area contributed by atoms with E-state index < -0.39 is 28.7 Å². The van der Waals surface area contributed by atoms with Gasteiger partial charge in [0.05, 0.1) is 11.0 Å². The highest BCUT2D eigenvalue weighted by atomic mass is 19.4. The third-order valence-corrected chi connectivity index (χ3v) is 10.6. The van der Waals surface area contributed by atoms with Gasteiger partial charge in [0, 0.05) is 43.0 Å². The van der Waals surface area contributed by atoms with Gasteiger partial charge in [0.25, 0.3) is 5.56 Å². The number of halogens is 3. The molecule has 1 aliphatic carbocycles. The minimum absolute atomic E-state index is 0.139. The SMILES string of the molecule is CCCCCCCCCCCC(=O)OCn1c(CN(CC)CC)cc2c(C(F)(F)F)cn(-c3cccc(C4(c5nncn5C)CCC4)c3)c(=O)c21. The normalized spacial score (nSPS) is 14.4. The van der Waals surface area contributed by atoms with Crippen molar-refractivity contribution in [3.8, 4) is 5.69 Å². The molecule has 4 aromatic rings. The first kappa shape index (κ1) is 38.3. The second-order valence-electron chi connectivity index (χ2n) is 14.0. The molecule has 1 aliphatic rings. The second-order valence-corrected chi connectivity index (χ2v) is 14.0. The molecule has 0 N–H and O–H groups in total. The largest absolute Gasteiger partial charge is 0.444 e. The summed E-state index contributed by atoms with van der Waals surface area (Å²) < 4.78 is 54.6. The fraction of sp³-hybridized carbons (Fsp3) is 0.590. The van der Waals surface area contributed by atoms with Crippen LogP contribution in [0.25, 0.3) is 16.6 Å². The number of benzene rings is 1. The van der Waals surface area contributed by atoms with Crippen LogP contribution < -0.4 is 5.56 Å². The lowest BCUT2D eigenvalue weighted by Crippen LogP contribution is -2.38. The van der Waals surface area contributed by atoms with Gasteiger partial charge in [-0.1, -0.05) is 90.7 Å². The molecule has 51 heavy (non-hydrogen) atoms. The van der Waals surface area contributed by atoms with Gasteiger partial charge < -0.3 is 13.9 Å². The number of aryl methyl sites for hydroxylation is 1. The van der Waals surface area contributed by atoms with Gasteiger partial charge in [-0.2, -0.15) is 13.2 Å². The van der Waals surface area contributed by atoms with E-state index in [1.807, 2.05) is 31.5 Å². The van der Waals surface area contributed by atoms with Crippen molar-refractivity contribution in [2.24, 2.45) is 7.05 Å². The average Bonchev–Trinajstić information content (AvgIpc) is 3.68. The Kier molecular flexibility index (Phi) is 12.8. The number of alkyl halides is 3. The zero-order chi connectivity index (χ0) is 36.6. The van der Waals surface area contributed by atoms with Crippen molar-refractivity contribution in [3.05, 3.63) is 75.9 Å². The number of ether oxygens (including phenoxy) is 1. The zero-order valence-electron chi connectivity index (χ0n) is 30.6. The van der Waals surface area contributed by atoms with Crippen LogP contribution in [-0.4, -0.2) is 47.9 Å². The number of carbonyl (C=O) groups excluding carboxylic acids is 1. The van der Waals surface area contributed by atoms with E-state index in [1.54, 1.807) is 24.5 Å². The maximum absolute atomic E-state index is 14.8. The minimum Gasteiger partial charge on any atom is -0.444 e. The molecule has 9 nitrogen and oxygen atoms in total. The van der Waals surface area contributed by atoms with Crippen LogP contribution in [-0.2, 0) is 41.4 Å². The lowest BCUT2D eigenvalue weighted by atomic mass is 9.63. The van der Waals surface area contributed by atoms with E-state index in [4.69, 9.17) is 4.74 Å². The maximum atomic E-state index is 14.8. The van der Waals surface area contributed by atoms with E-state index in [1.165, 1.54) is 42.7 Å². The standard InChI is InChI=1S/C39H53F3N6O3/c1-5-8-9-10-11-12-13-14-15-20-34(49)51-28-48-31(25-46(6-2)7-3)24-32-33(39(40,41)42)26-47(36(50)35(32)48)30-19-16-18-29(23-30)38(21-17-22-38)37-44-43-27-45(37)4/h16,18-19,23-24,26-27H,5-15,17,20-22,25,28H2,1-4H3. The molecule has 3 aromatic heterocycles. The van der Waals surface area contributed by atoms with Crippen molar-refractivity contribution >= 4 is 16.9 Å². The molecule has 12 heteroatoms. The predicted molar refractivity (Wildman–Crippen MR) is 193 cm³/mol. The molecule has 5 rings (SSSR count). The van der Waals surface area contributed by atoms with Crippen molar-refractivity contribution in [3.63, 3.8) is 0 Å². The molecular weight excluding hydrogens is 657 g/mol. The van der Waals surface area contributed by atoms with Gasteiger partial charge in [-0.15, -0.1) is 10.2 Å². The quantitative estimate of drug-likeness (QED) is 0.0715. The first-order valence-electron chi connectivity index (χ1n) is 18.7. The van der Waals surface area contributed by atoms with Crippen LogP contribution >= 0.6 is 0 Å². The molecule has 1 fully saturated rings. The average molecular weight is 711 g/mol. The molecule has 0 bridgehead atoms. The summed E-state index contributed by atoms with van der Waals surface area (Å²) in [7, 11) is 1.88. The molecule has 0 amide bonds. The van der Waals surface area contributed by atoms with E-state index in [0.29, 0.717) is 37.4 Å². The molecule has 1 saturated carbocycles. The smallest absolute Gasteiger partial charge is 0.418 e. The molecule has 0 saturated heterocycles. The van der Waals surface area contributed by atoms with Gasteiger partial charge in [-0.25, -0.2) is 0 Å². The van der Waals surface area contributed by atoms with Crippen molar-refractivity contribution < 1.29 is 22.7 Å². The van der Waals surface area contributed by atoms with Gasteiger partial charge in [0.1, 0.15) is 17.7 Å². The van der Waals surface area contributed by atoms with E-state index in [9.17, 15) is 22.8 Å². The van der Waals surface area contributed by atoms with Crippen LogP contribution in [0.4, 0.5) is 13.2 Å². The van der Waals surface area contributed by atoms with Gasteiger partial charge >= 0.3 is 12.1 Å². The van der Waals surface area contributed by atoms with Crippen molar-refractivity contribution in [2.45, 2.75) is 129 Å². The Hall–Kier alpha value is -3.93. The highest BCUT2D eigenvalue weighted by Gasteiger charge is 2.44. The van der Waals surface area contributed by atoms with Crippen LogP contribution in [0.2, 0.25) is 0 Å². The Morgan fingerprint density at radius 2 is 1.67 bits per heavy atom. The van der Waals surface area contributed by atoms with Gasteiger partial charge in [-0.3, -0.25) is 19.1 Å². The number of esters is 1. The van der Waals surface area contributed by atoms with E-state index in [0.717, 1.165) is 60.7 Å². The lowest BCUT2D eigenvalue weighted by molar-refractivity contribution is -0.147. The Morgan fingerprint density at radius 1 is 0.980 bits per heavy atom. The summed E-state index contributed by atoms with van der Waals surface area (Å²) in [6.07, 6.45) is 10.6. The molecule has 0 spiro atoms. The Balaban J connectivity index is 1.47. The summed E-state index contributed by atoms with van der Waals surface area (Å²) in [5, 5.41) is 8.24. The maximum Gasteiger partial charge on any atom is 0.418 e. The summed E-state index contributed by atoms with van der Waals surface area (Å²) in [5.41, 5.74) is -0.451. The fourth-order valence-electron chi connectivity index (χ4n) is 7.41. The Morgan fingerprint density at radius 3 is 2.25 bits per heavy atom. The molecule has 1 aromatic carbocycles. The Bertz CT molecular complexity index is 1820. The van der Waals surface area contributed by atoms with Crippen LogP contribution in [0.3, 0.4) is 0 Å². The number of hydrogen-bond acceptors (Lipinski definition) is 6. The number of unbranched alkanes of at least 4 members (excludes halogenated alkanes) is 8. The third-order valence-electron chi connectivity index (χ3n) is 10.6. The van der Waals surface area contributed by atoms with E-state index in [2.05, 4.69) is 22.0 Å².